The van der Waals surface area contributed by atoms with E-state index in [4.69, 9.17) is 23.2 Å². The van der Waals surface area contributed by atoms with Crippen LogP contribution in [0.3, 0.4) is 0 Å². The molecule has 0 radical (unpaired) electrons. The molecule has 0 aromatic carbocycles. The maximum Gasteiger partial charge on any atom is 0.0656 e. The average Bonchev–Trinajstić information content (AvgIpc) is 2.58. The van der Waals surface area contributed by atoms with E-state index in [0.717, 1.165) is 6.42 Å². The predicted octanol–water partition coefficient (Wildman–Crippen LogP) is 5.21. The van der Waals surface area contributed by atoms with E-state index < -0.39 is 0 Å². The summed E-state index contributed by atoms with van der Waals surface area (Å²) in [7, 11) is 0. The largest absolute Gasteiger partial charge is 0.142 e. The van der Waals surface area contributed by atoms with Crippen LogP contribution in [0.5, 0.6) is 0 Å². The summed E-state index contributed by atoms with van der Waals surface area (Å²) in [5.74, 6) is 0.571. The Morgan fingerprint density at radius 2 is 2.29 bits per heavy atom. The van der Waals surface area contributed by atoms with Gasteiger partial charge < -0.3 is 0 Å². The second kappa shape index (κ2) is 5.79. The second-order valence-electron chi connectivity index (χ2n) is 3.09. The molecule has 1 rings (SSSR count). The molecular formula is C11H14Cl2S. The van der Waals surface area contributed by atoms with Crippen LogP contribution in [0, 0.1) is 0 Å². The minimum Gasteiger partial charge on any atom is -0.142 e. The highest BCUT2D eigenvalue weighted by molar-refractivity contribution is 7.12. The van der Waals surface area contributed by atoms with Crippen LogP contribution < -0.4 is 0 Å². The highest BCUT2D eigenvalue weighted by atomic mass is 35.5. The first kappa shape index (κ1) is 12.1. The van der Waals surface area contributed by atoms with Crippen LogP contribution in [0.25, 0.3) is 6.08 Å². The molecule has 0 aliphatic rings. The van der Waals surface area contributed by atoms with Gasteiger partial charge >= 0.3 is 0 Å². The van der Waals surface area contributed by atoms with Crippen molar-refractivity contribution in [2.45, 2.75) is 31.5 Å². The minimum absolute atomic E-state index is 0.0634. The molecular weight excluding hydrogens is 235 g/mol. The zero-order valence-corrected chi connectivity index (χ0v) is 10.7. The molecule has 0 saturated carbocycles. The molecule has 14 heavy (non-hydrogen) atoms. The van der Waals surface area contributed by atoms with Crippen LogP contribution in [0.15, 0.2) is 12.1 Å². The van der Waals surface area contributed by atoms with E-state index in [-0.39, 0.29) is 5.38 Å². The lowest BCUT2D eigenvalue weighted by atomic mass is 10.2. The lowest BCUT2D eigenvalue weighted by Gasteiger charge is -2.00. The van der Waals surface area contributed by atoms with Crippen LogP contribution >= 0.6 is 34.5 Å². The Labute approximate surface area is 99.5 Å². The molecule has 0 N–H and O–H groups in total. The molecule has 1 atom stereocenters. The minimum atomic E-state index is 0.0634. The third-order valence-electron chi connectivity index (χ3n) is 1.87. The van der Waals surface area contributed by atoms with Crippen LogP contribution in [-0.4, -0.2) is 0 Å². The standard InChI is InChI=1S/C11H14Cl2S/c1-3-4-5-9-6-10(7-12)14-11(9)8(2)13/h4-6,8H,3,7H2,1-2H3. The Bertz CT molecular complexity index is 313. The monoisotopic (exact) mass is 248 g/mol. The van der Waals surface area contributed by atoms with Gasteiger partial charge in [-0.25, -0.2) is 0 Å². The molecule has 1 aromatic heterocycles. The second-order valence-corrected chi connectivity index (χ2v) is 5.18. The summed E-state index contributed by atoms with van der Waals surface area (Å²) in [4.78, 5) is 2.40. The van der Waals surface area contributed by atoms with Gasteiger partial charge in [0.25, 0.3) is 0 Å². The van der Waals surface area contributed by atoms with Gasteiger partial charge in [0.2, 0.25) is 0 Å². The van der Waals surface area contributed by atoms with Crippen molar-refractivity contribution in [2.24, 2.45) is 0 Å². The quantitative estimate of drug-likeness (QED) is 0.642. The highest BCUT2D eigenvalue weighted by Crippen LogP contribution is 2.33. The van der Waals surface area contributed by atoms with Gasteiger partial charge in [0.1, 0.15) is 0 Å². The zero-order chi connectivity index (χ0) is 10.6. The molecule has 3 heteroatoms. The molecule has 1 aromatic rings. The Kier molecular flexibility index (Phi) is 5.00. The third-order valence-corrected chi connectivity index (χ3v) is 4.00. The van der Waals surface area contributed by atoms with Crippen LogP contribution in [0.2, 0.25) is 0 Å². The van der Waals surface area contributed by atoms with Crippen molar-refractivity contribution >= 4 is 40.6 Å². The molecule has 0 spiro atoms. The fourth-order valence-corrected chi connectivity index (χ4v) is 2.66. The van der Waals surface area contributed by atoms with Crippen molar-refractivity contribution in [3.63, 3.8) is 0 Å². The van der Waals surface area contributed by atoms with E-state index in [9.17, 15) is 0 Å². The smallest absolute Gasteiger partial charge is 0.0656 e. The summed E-state index contributed by atoms with van der Waals surface area (Å²) in [6.45, 7) is 4.11. The van der Waals surface area contributed by atoms with Crippen molar-refractivity contribution in [3.05, 3.63) is 27.5 Å². The number of alkyl halides is 2. The average molecular weight is 249 g/mol. The van der Waals surface area contributed by atoms with Crippen molar-refractivity contribution in [2.75, 3.05) is 0 Å². The Balaban J connectivity index is 2.99. The van der Waals surface area contributed by atoms with Crippen molar-refractivity contribution < 1.29 is 0 Å². The van der Waals surface area contributed by atoms with E-state index in [1.165, 1.54) is 15.3 Å². The molecule has 0 amide bonds. The molecule has 0 nitrogen and oxygen atoms in total. The SMILES string of the molecule is CCC=Cc1cc(CCl)sc1C(C)Cl. The Hall–Kier alpha value is 0.0200. The summed E-state index contributed by atoms with van der Waals surface area (Å²) >= 11 is 13.6. The normalized spacial score (nSPS) is 13.7. The lowest BCUT2D eigenvalue weighted by Crippen LogP contribution is -1.80. The predicted molar refractivity (Wildman–Crippen MR) is 67.5 cm³/mol. The van der Waals surface area contributed by atoms with Crippen molar-refractivity contribution in [3.8, 4) is 0 Å². The first-order valence-electron chi connectivity index (χ1n) is 4.68. The first-order valence-corrected chi connectivity index (χ1v) is 6.47. The molecule has 0 fully saturated rings. The fourth-order valence-electron chi connectivity index (χ4n) is 1.23. The van der Waals surface area contributed by atoms with Crippen LogP contribution in [0.1, 0.15) is 41.0 Å². The van der Waals surface area contributed by atoms with Gasteiger partial charge in [-0.1, -0.05) is 19.1 Å². The van der Waals surface area contributed by atoms with Crippen molar-refractivity contribution in [1.29, 1.82) is 0 Å². The summed E-state index contributed by atoms with van der Waals surface area (Å²) in [6.07, 6.45) is 5.31. The number of rotatable bonds is 4. The van der Waals surface area contributed by atoms with E-state index >= 15 is 0 Å². The molecule has 0 bridgehead atoms. The van der Waals surface area contributed by atoms with Gasteiger partial charge in [0.15, 0.2) is 0 Å². The summed E-state index contributed by atoms with van der Waals surface area (Å²) in [5.41, 5.74) is 1.22. The highest BCUT2D eigenvalue weighted by Gasteiger charge is 2.10. The van der Waals surface area contributed by atoms with Crippen molar-refractivity contribution in [1.82, 2.24) is 0 Å². The fraction of sp³-hybridized carbons (Fsp3) is 0.455. The van der Waals surface area contributed by atoms with E-state index in [2.05, 4.69) is 25.1 Å². The summed E-state index contributed by atoms with van der Waals surface area (Å²) in [5, 5.41) is 0.0634. The maximum absolute atomic E-state index is 6.09. The number of thiophene rings is 1. The molecule has 0 aliphatic heterocycles. The first-order chi connectivity index (χ1) is 6.69. The molecule has 78 valence electrons. The zero-order valence-electron chi connectivity index (χ0n) is 8.39. The van der Waals surface area contributed by atoms with E-state index in [1.54, 1.807) is 11.3 Å². The lowest BCUT2D eigenvalue weighted by molar-refractivity contribution is 1.12. The van der Waals surface area contributed by atoms with Gasteiger partial charge in [-0.2, -0.15) is 0 Å². The van der Waals surface area contributed by atoms with Gasteiger partial charge in [0, 0.05) is 9.75 Å². The van der Waals surface area contributed by atoms with Gasteiger partial charge in [-0.3, -0.25) is 0 Å². The van der Waals surface area contributed by atoms with Gasteiger partial charge in [0.05, 0.1) is 11.3 Å². The number of hydrogen-bond donors (Lipinski definition) is 0. The van der Waals surface area contributed by atoms with E-state index in [0.29, 0.717) is 5.88 Å². The van der Waals surface area contributed by atoms with Gasteiger partial charge in [-0.15, -0.1) is 34.5 Å². The van der Waals surface area contributed by atoms with Gasteiger partial charge in [-0.05, 0) is 25.0 Å². The number of halogens is 2. The molecule has 0 saturated heterocycles. The van der Waals surface area contributed by atoms with Crippen LogP contribution in [-0.2, 0) is 5.88 Å². The molecule has 1 heterocycles. The van der Waals surface area contributed by atoms with Crippen LogP contribution in [0.4, 0.5) is 0 Å². The molecule has 1 unspecified atom stereocenters. The number of hydrogen-bond acceptors (Lipinski definition) is 1. The Morgan fingerprint density at radius 3 is 2.79 bits per heavy atom. The summed E-state index contributed by atoms with van der Waals surface area (Å²) < 4.78 is 0. The topological polar surface area (TPSA) is 0 Å². The molecule has 0 aliphatic carbocycles. The Morgan fingerprint density at radius 1 is 1.57 bits per heavy atom. The maximum atomic E-state index is 6.09. The number of allylic oxidation sites excluding steroid dienone is 1. The third kappa shape index (κ3) is 3.01. The van der Waals surface area contributed by atoms with E-state index in [1.807, 2.05) is 6.92 Å². The summed E-state index contributed by atoms with van der Waals surface area (Å²) in [6, 6.07) is 2.12.